The van der Waals surface area contributed by atoms with Gasteiger partial charge >= 0.3 is 0 Å². The summed E-state index contributed by atoms with van der Waals surface area (Å²) in [5.74, 6) is 3.46. The third-order valence-corrected chi connectivity index (χ3v) is 8.23. The summed E-state index contributed by atoms with van der Waals surface area (Å²) in [6.45, 7) is 6.52. The van der Waals surface area contributed by atoms with Gasteiger partial charge in [-0.1, -0.05) is 19.4 Å². The first-order chi connectivity index (χ1) is 10.3. The molecule has 2 heteroatoms. The first kappa shape index (κ1) is 14.9. The molecule has 4 aliphatic rings. The lowest BCUT2D eigenvalue weighted by atomic mass is 9.50. The number of allylic oxidation sites excluding steroid dienone is 1. The van der Waals surface area contributed by atoms with Gasteiger partial charge in [-0.05, 0) is 87.0 Å². The maximum absolute atomic E-state index is 12.0. The Labute approximate surface area is 134 Å². The fraction of sp³-hybridized carbons (Fsp3) is 0.850. The molecule has 0 unspecified atom stereocenters. The number of fused-ring (bicyclic) bond motifs is 5. The minimum atomic E-state index is -0.478. The van der Waals surface area contributed by atoms with Crippen molar-refractivity contribution in [3.63, 3.8) is 0 Å². The van der Waals surface area contributed by atoms with Gasteiger partial charge in [0.25, 0.3) is 0 Å². The zero-order chi connectivity index (χ0) is 15.7. The van der Waals surface area contributed by atoms with E-state index in [0.29, 0.717) is 17.6 Å². The van der Waals surface area contributed by atoms with Gasteiger partial charge in [0.05, 0.1) is 5.60 Å². The van der Waals surface area contributed by atoms with Crippen molar-refractivity contribution < 1.29 is 9.90 Å². The molecule has 0 aromatic heterocycles. The van der Waals surface area contributed by atoms with E-state index in [2.05, 4.69) is 20.8 Å². The summed E-state index contributed by atoms with van der Waals surface area (Å²) in [6, 6.07) is 0. The molecule has 0 aliphatic heterocycles. The first-order valence-corrected chi connectivity index (χ1v) is 9.30. The number of carbonyl (C=O) groups excluding carboxylic acids is 1. The minimum Gasteiger partial charge on any atom is -0.390 e. The fourth-order valence-corrected chi connectivity index (χ4v) is 6.60. The second-order valence-electron chi connectivity index (χ2n) is 9.11. The number of ketones is 1. The van der Waals surface area contributed by atoms with Crippen LogP contribution in [0.4, 0.5) is 0 Å². The number of rotatable bonds is 0. The summed E-state index contributed by atoms with van der Waals surface area (Å²) in [5, 5.41) is 10.9. The molecule has 4 rings (SSSR count). The highest BCUT2D eigenvalue weighted by Crippen LogP contribution is 2.64. The van der Waals surface area contributed by atoms with Crippen LogP contribution >= 0.6 is 0 Å². The van der Waals surface area contributed by atoms with Crippen molar-refractivity contribution in [2.24, 2.45) is 35.0 Å². The Kier molecular flexibility index (Phi) is 3.18. The number of hydrogen-bond acceptors (Lipinski definition) is 2. The van der Waals surface area contributed by atoms with E-state index in [1.807, 2.05) is 6.08 Å². The Bertz CT molecular complexity index is 532. The monoisotopic (exact) mass is 302 g/mol. The molecule has 22 heavy (non-hydrogen) atoms. The molecular formula is C20H30O2. The van der Waals surface area contributed by atoms with Gasteiger partial charge in [-0.2, -0.15) is 0 Å². The molecule has 2 nitrogen and oxygen atoms in total. The van der Waals surface area contributed by atoms with E-state index in [4.69, 9.17) is 0 Å². The number of hydrogen-bond donors (Lipinski definition) is 1. The Hall–Kier alpha value is -0.630. The van der Waals surface area contributed by atoms with Crippen molar-refractivity contribution in [1.29, 1.82) is 0 Å². The molecule has 1 N–H and O–H groups in total. The van der Waals surface area contributed by atoms with Crippen molar-refractivity contribution in [2.45, 2.75) is 71.3 Å². The lowest BCUT2D eigenvalue weighted by molar-refractivity contribution is -0.121. The first-order valence-electron chi connectivity index (χ1n) is 9.30. The lowest BCUT2D eigenvalue weighted by Crippen LogP contribution is -2.51. The van der Waals surface area contributed by atoms with Crippen LogP contribution < -0.4 is 0 Å². The summed E-state index contributed by atoms with van der Waals surface area (Å²) in [6.07, 6.45) is 10.0. The topological polar surface area (TPSA) is 37.3 Å². The van der Waals surface area contributed by atoms with Crippen LogP contribution in [0.2, 0.25) is 0 Å². The quantitative estimate of drug-likeness (QED) is 0.730. The standard InChI is InChI=1S/C20H30O2/c1-12-10-16-13(11-18(12)21)4-5-15-14(16)6-8-19(2)17(15)7-9-20(19,3)22/h11-12,14-17,22H,4-10H2,1-3H3/t12-,14+,15-,16+,17+,19+,20+/m1/s1. The Morgan fingerprint density at radius 1 is 1.14 bits per heavy atom. The van der Waals surface area contributed by atoms with Crippen molar-refractivity contribution in [2.75, 3.05) is 0 Å². The maximum atomic E-state index is 12.0. The smallest absolute Gasteiger partial charge is 0.158 e. The van der Waals surface area contributed by atoms with Crippen LogP contribution in [0.5, 0.6) is 0 Å². The molecule has 0 heterocycles. The highest BCUT2D eigenvalue weighted by molar-refractivity contribution is 5.93. The molecule has 122 valence electrons. The molecule has 0 amide bonds. The van der Waals surface area contributed by atoms with Gasteiger partial charge in [0, 0.05) is 5.92 Å². The largest absolute Gasteiger partial charge is 0.390 e. The van der Waals surface area contributed by atoms with E-state index in [0.717, 1.165) is 37.5 Å². The van der Waals surface area contributed by atoms with E-state index in [1.54, 1.807) is 0 Å². The van der Waals surface area contributed by atoms with Crippen molar-refractivity contribution in [3.8, 4) is 0 Å². The Morgan fingerprint density at radius 2 is 1.91 bits per heavy atom. The fourth-order valence-electron chi connectivity index (χ4n) is 6.60. The molecule has 0 spiro atoms. The second kappa shape index (κ2) is 4.69. The summed E-state index contributed by atoms with van der Waals surface area (Å²) < 4.78 is 0. The van der Waals surface area contributed by atoms with Crippen LogP contribution in [0, 0.1) is 35.0 Å². The Morgan fingerprint density at radius 3 is 2.68 bits per heavy atom. The van der Waals surface area contributed by atoms with E-state index >= 15 is 0 Å². The van der Waals surface area contributed by atoms with Crippen LogP contribution in [0.3, 0.4) is 0 Å². The molecule has 0 saturated heterocycles. The molecule has 3 fully saturated rings. The molecule has 0 bridgehead atoms. The number of aliphatic hydroxyl groups is 1. The zero-order valence-electron chi connectivity index (χ0n) is 14.3. The highest BCUT2D eigenvalue weighted by atomic mass is 16.3. The van der Waals surface area contributed by atoms with Gasteiger partial charge < -0.3 is 5.11 Å². The third kappa shape index (κ3) is 1.85. The highest BCUT2D eigenvalue weighted by Gasteiger charge is 2.60. The van der Waals surface area contributed by atoms with Crippen LogP contribution in [0.25, 0.3) is 0 Å². The van der Waals surface area contributed by atoms with E-state index < -0.39 is 5.60 Å². The maximum Gasteiger partial charge on any atom is 0.158 e. The van der Waals surface area contributed by atoms with Gasteiger partial charge in [0.1, 0.15) is 0 Å². The Balaban J connectivity index is 1.65. The van der Waals surface area contributed by atoms with Crippen LogP contribution in [-0.4, -0.2) is 16.5 Å². The normalized spacial score (nSPS) is 54.3. The lowest BCUT2D eigenvalue weighted by Gasteiger charge is -2.55. The van der Waals surface area contributed by atoms with Gasteiger partial charge in [-0.15, -0.1) is 0 Å². The molecule has 7 atom stereocenters. The number of carbonyl (C=O) groups is 1. The van der Waals surface area contributed by atoms with Crippen LogP contribution in [0.1, 0.15) is 65.7 Å². The molecule has 0 aromatic rings. The van der Waals surface area contributed by atoms with Crippen LogP contribution in [-0.2, 0) is 4.79 Å². The predicted octanol–water partition coefficient (Wildman–Crippen LogP) is 4.13. The van der Waals surface area contributed by atoms with Crippen molar-refractivity contribution >= 4 is 5.78 Å². The second-order valence-corrected chi connectivity index (χ2v) is 9.11. The van der Waals surface area contributed by atoms with Crippen molar-refractivity contribution in [1.82, 2.24) is 0 Å². The van der Waals surface area contributed by atoms with E-state index in [-0.39, 0.29) is 11.3 Å². The van der Waals surface area contributed by atoms with Crippen molar-refractivity contribution in [3.05, 3.63) is 11.6 Å². The minimum absolute atomic E-state index is 0.117. The predicted molar refractivity (Wildman–Crippen MR) is 87.3 cm³/mol. The summed E-state index contributed by atoms with van der Waals surface area (Å²) in [7, 11) is 0. The summed E-state index contributed by atoms with van der Waals surface area (Å²) >= 11 is 0. The van der Waals surface area contributed by atoms with Gasteiger partial charge in [0.2, 0.25) is 0 Å². The molecular weight excluding hydrogens is 272 g/mol. The summed E-state index contributed by atoms with van der Waals surface area (Å²) in [5.41, 5.74) is 1.10. The average molecular weight is 302 g/mol. The van der Waals surface area contributed by atoms with E-state index in [1.165, 1.54) is 24.8 Å². The molecule has 3 saturated carbocycles. The summed E-state index contributed by atoms with van der Waals surface area (Å²) in [4.78, 5) is 12.0. The molecule has 0 aromatic carbocycles. The SMILES string of the molecule is C[C@@H]1C[C@H]2C(=CC1=O)CC[C@@H]1[C@@H]2CC[C@@]2(C)[C@H]1CC[C@]2(C)O. The molecule has 4 aliphatic carbocycles. The third-order valence-electron chi connectivity index (χ3n) is 8.23. The molecule has 0 radical (unpaired) electrons. The van der Waals surface area contributed by atoms with E-state index in [9.17, 15) is 9.90 Å². The van der Waals surface area contributed by atoms with Crippen LogP contribution in [0.15, 0.2) is 11.6 Å². The van der Waals surface area contributed by atoms with Gasteiger partial charge in [-0.3, -0.25) is 4.79 Å². The van der Waals surface area contributed by atoms with Gasteiger partial charge in [-0.25, -0.2) is 0 Å². The zero-order valence-corrected chi connectivity index (χ0v) is 14.3. The van der Waals surface area contributed by atoms with Gasteiger partial charge in [0.15, 0.2) is 5.78 Å². The average Bonchev–Trinajstić information content (AvgIpc) is 2.71.